The molecule has 0 spiro atoms. The van der Waals surface area contributed by atoms with Crippen LogP contribution in [0.1, 0.15) is 41.0 Å². The van der Waals surface area contributed by atoms with E-state index in [2.05, 4.69) is 26.0 Å². The molecule has 128 valence electrons. The highest BCUT2D eigenvalue weighted by Gasteiger charge is 2.31. The molecule has 0 bridgehead atoms. The Hall–Kier alpha value is -2.28. The van der Waals surface area contributed by atoms with E-state index in [1.54, 1.807) is 35.1 Å². The fourth-order valence-electron chi connectivity index (χ4n) is 3.47. The first-order chi connectivity index (χ1) is 12.1. The number of nitrogens with zero attached hydrogens (tertiary/aromatic N) is 4. The van der Waals surface area contributed by atoms with Crippen LogP contribution in [0.4, 0.5) is 4.39 Å². The summed E-state index contributed by atoms with van der Waals surface area (Å²) in [5.41, 5.74) is 3.00. The SMILES string of the molecule is CCC1c2ccc(F)cc2CCN1C(=O)c1cc2ncc(Br)cn2n1. The van der Waals surface area contributed by atoms with Gasteiger partial charge in [0.05, 0.1) is 10.5 Å². The molecule has 0 N–H and O–H groups in total. The van der Waals surface area contributed by atoms with Crippen molar-refractivity contribution in [2.75, 3.05) is 6.54 Å². The molecule has 1 aliphatic rings. The Morgan fingerprint density at radius 3 is 3.04 bits per heavy atom. The monoisotopic (exact) mass is 402 g/mol. The molecule has 25 heavy (non-hydrogen) atoms. The van der Waals surface area contributed by atoms with Gasteiger partial charge in [-0.15, -0.1) is 0 Å². The van der Waals surface area contributed by atoms with Gasteiger partial charge in [0.2, 0.25) is 0 Å². The van der Waals surface area contributed by atoms with Crippen LogP contribution in [0.3, 0.4) is 0 Å². The second-order valence-electron chi connectivity index (χ2n) is 6.12. The lowest BCUT2D eigenvalue weighted by molar-refractivity contribution is 0.0649. The zero-order valence-corrected chi connectivity index (χ0v) is 15.2. The van der Waals surface area contributed by atoms with Crippen LogP contribution in [0, 0.1) is 5.82 Å². The minimum atomic E-state index is -0.231. The Morgan fingerprint density at radius 2 is 2.24 bits per heavy atom. The van der Waals surface area contributed by atoms with Crippen LogP contribution >= 0.6 is 15.9 Å². The topological polar surface area (TPSA) is 50.5 Å². The van der Waals surface area contributed by atoms with Gasteiger partial charge in [-0.1, -0.05) is 13.0 Å². The van der Waals surface area contributed by atoms with Gasteiger partial charge in [-0.25, -0.2) is 13.9 Å². The van der Waals surface area contributed by atoms with Gasteiger partial charge in [0, 0.05) is 25.0 Å². The van der Waals surface area contributed by atoms with Crippen molar-refractivity contribution in [2.45, 2.75) is 25.8 Å². The third-order valence-electron chi connectivity index (χ3n) is 4.61. The Bertz CT molecular complexity index is 971. The summed E-state index contributed by atoms with van der Waals surface area (Å²) < 4.78 is 15.9. The molecular weight excluding hydrogens is 387 g/mol. The number of fused-ring (bicyclic) bond motifs is 2. The van der Waals surface area contributed by atoms with Crippen LogP contribution < -0.4 is 0 Å². The van der Waals surface area contributed by atoms with Crippen molar-refractivity contribution in [3.8, 4) is 0 Å². The molecule has 1 unspecified atom stereocenters. The minimum Gasteiger partial charge on any atom is -0.330 e. The first kappa shape index (κ1) is 16.2. The number of hydrogen-bond acceptors (Lipinski definition) is 3. The van der Waals surface area contributed by atoms with Crippen molar-refractivity contribution in [1.29, 1.82) is 0 Å². The van der Waals surface area contributed by atoms with Gasteiger partial charge in [-0.3, -0.25) is 4.79 Å². The Kier molecular flexibility index (Phi) is 4.03. The molecule has 1 aliphatic heterocycles. The summed E-state index contributed by atoms with van der Waals surface area (Å²) in [5, 5.41) is 4.36. The van der Waals surface area contributed by atoms with Gasteiger partial charge in [-0.2, -0.15) is 5.10 Å². The third kappa shape index (κ3) is 2.82. The lowest BCUT2D eigenvalue weighted by atomic mass is 9.90. The normalized spacial score (nSPS) is 16.9. The number of amides is 1. The summed E-state index contributed by atoms with van der Waals surface area (Å²) in [5.74, 6) is -0.353. The summed E-state index contributed by atoms with van der Waals surface area (Å²) in [7, 11) is 0. The molecule has 1 amide bonds. The molecule has 3 aromatic rings. The predicted octanol–water partition coefficient (Wildman–Crippen LogP) is 3.78. The van der Waals surface area contributed by atoms with E-state index in [1.807, 2.05) is 11.8 Å². The lowest BCUT2D eigenvalue weighted by Gasteiger charge is -2.36. The summed E-state index contributed by atoms with van der Waals surface area (Å²) in [6, 6.07) is 6.46. The van der Waals surface area contributed by atoms with Crippen molar-refractivity contribution in [1.82, 2.24) is 19.5 Å². The molecule has 1 atom stereocenters. The zero-order valence-electron chi connectivity index (χ0n) is 13.6. The first-order valence-corrected chi connectivity index (χ1v) is 8.96. The van der Waals surface area contributed by atoms with Crippen LogP contribution in [0.15, 0.2) is 41.1 Å². The lowest BCUT2D eigenvalue weighted by Crippen LogP contribution is -2.40. The number of aromatic nitrogens is 3. The van der Waals surface area contributed by atoms with E-state index >= 15 is 0 Å². The van der Waals surface area contributed by atoms with Gasteiger partial charge in [0.15, 0.2) is 11.3 Å². The molecule has 0 saturated heterocycles. The molecule has 0 aliphatic carbocycles. The van der Waals surface area contributed by atoms with E-state index in [9.17, 15) is 9.18 Å². The van der Waals surface area contributed by atoms with Crippen LogP contribution in [-0.4, -0.2) is 31.9 Å². The highest BCUT2D eigenvalue weighted by Crippen LogP contribution is 2.33. The van der Waals surface area contributed by atoms with Crippen LogP contribution in [-0.2, 0) is 6.42 Å². The van der Waals surface area contributed by atoms with Crippen LogP contribution in [0.5, 0.6) is 0 Å². The van der Waals surface area contributed by atoms with E-state index in [4.69, 9.17) is 0 Å². The highest BCUT2D eigenvalue weighted by molar-refractivity contribution is 9.10. The van der Waals surface area contributed by atoms with E-state index in [0.717, 1.165) is 22.0 Å². The molecule has 0 saturated carbocycles. The maximum absolute atomic E-state index is 13.5. The molecule has 5 nitrogen and oxygen atoms in total. The van der Waals surface area contributed by atoms with Crippen molar-refractivity contribution in [2.24, 2.45) is 0 Å². The van der Waals surface area contributed by atoms with Crippen molar-refractivity contribution in [3.05, 3.63) is 63.8 Å². The standard InChI is InChI=1S/C18H16BrFN4O/c1-2-16-14-4-3-13(20)7-11(14)5-6-23(16)18(25)15-8-17-21-9-12(19)10-24(17)22-15/h3-4,7-10,16H,2,5-6H2,1H3. The van der Waals surface area contributed by atoms with E-state index < -0.39 is 0 Å². The summed E-state index contributed by atoms with van der Waals surface area (Å²) in [6.07, 6.45) is 4.85. The van der Waals surface area contributed by atoms with E-state index in [-0.39, 0.29) is 17.8 Å². The number of carbonyl (C=O) groups excluding carboxylic acids is 1. The number of hydrogen-bond donors (Lipinski definition) is 0. The summed E-state index contributed by atoms with van der Waals surface area (Å²) in [4.78, 5) is 19.1. The van der Waals surface area contributed by atoms with E-state index in [1.165, 1.54) is 6.07 Å². The molecule has 2 aromatic heterocycles. The molecule has 0 fully saturated rings. The van der Waals surface area contributed by atoms with Gasteiger partial charge < -0.3 is 4.90 Å². The average Bonchev–Trinajstić information content (AvgIpc) is 3.03. The number of halogens is 2. The van der Waals surface area contributed by atoms with Gasteiger partial charge in [-0.05, 0) is 52.0 Å². The largest absolute Gasteiger partial charge is 0.330 e. The van der Waals surface area contributed by atoms with Gasteiger partial charge in [0.25, 0.3) is 5.91 Å². The maximum Gasteiger partial charge on any atom is 0.274 e. The number of rotatable bonds is 2. The average molecular weight is 403 g/mol. The summed E-state index contributed by atoms with van der Waals surface area (Å²) >= 11 is 3.35. The molecular formula is C18H16BrFN4O. The highest BCUT2D eigenvalue weighted by atomic mass is 79.9. The Morgan fingerprint density at radius 1 is 1.40 bits per heavy atom. The van der Waals surface area contributed by atoms with Crippen molar-refractivity contribution >= 4 is 27.5 Å². The smallest absolute Gasteiger partial charge is 0.274 e. The number of carbonyl (C=O) groups is 1. The first-order valence-electron chi connectivity index (χ1n) is 8.17. The molecule has 7 heteroatoms. The molecule has 3 heterocycles. The second kappa shape index (κ2) is 6.22. The Labute approximate surface area is 152 Å². The molecule has 1 aromatic carbocycles. The van der Waals surface area contributed by atoms with Crippen molar-refractivity contribution < 1.29 is 9.18 Å². The predicted molar refractivity (Wildman–Crippen MR) is 94.9 cm³/mol. The van der Waals surface area contributed by atoms with Crippen molar-refractivity contribution in [3.63, 3.8) is 0 Å². The second-order valence-corrected chi connectivity index (χ2v) is 7.04. The zero-order chi connectivity index (χ0) is 17.6. The van der Waals surface area contributed by atoms with Crippen LogP contribution in [0.25, 0.3) is 5.65 Å². The Balaban J connectivity index is 1.70. The maximum atomic E-state index is 13.5. The van der Waals surface area contributed by atoms with Crippen LogP contribution in [0.2, 0.25) is 0 Å². The third-order valence-corrected chi connectivity index (χ3v) is 5.02. The van der Waals surface area contributed by atoms with Gasteiger partial charge in [0.1, 0.15) is 5.82 Å². The molecule has 4 rings (SSSR count). The fourth-order valence-corrected chi connectivity index (χ4v) is 3.77. The molecule has 0 radical (unpaired) electrons. The number of benzene rings is 1. The quantitative estimate of drug-likeness (QED) is 0.655. The van der Waals surface area contributed by atoms with E-state index in [0.29, 0.717) is 24.3 Å². The minimum absolute atomic E-state index is 0.0682. The van der Waals surface area contributed by atoms with Gasteiger partial charge >= 0.3 is 0 Å². The summed E-state index contributed by atoms with van der Waals surface area (Å²) in [6.45, 7) is 2.59. The fraction of sp³-hybridized carbons (Fsp3) is 0.278.